The molecular formula is C20H22IN3OS. The van der Waals surface area contributed by atoms with Crippen LogP contribution in [0.3, 0.4) is 0 Å². The van der Waals surface area contributed by atoms with Crippen molar-refractivity contribution in [1.82, 2.24) is 5.32 Å². The number of thiocarbonyl (C=S) groups is 1. The number of carbonyl (C=O) groups excluding carboxylic acids is 1. The van der Waals surface area contributed by atoms with Crippen molar-refractivity contribution in [1.29, 1.82) is 0 Å². The molecule has 1 unspecified atom stereocenters. The first kappa shape index (κ1) is 19.1. The standard InChI is InChI=1S/C20H22IN3OS/c1-14-6-4-5-13-24(14)16-11-9-15(10-12-16)22-20(26)23-19(25)17-7-2-3-8-18(17)21/h2-3,7-12,14H,4-6,13H2,1H3,(H2,22,23,25,26). The Morgan fingerprint density at radius 1 is 1.15 bits per heavy atom. The normalized spacial score (nSPS) is 16.8. The Labute approximate surface area is 173 Å². The van der Waals surface area contributed by atoms with Crippen LogP contribution in [-0.4, -0.2) is 23.6 Å². The van der Waals surface area contributed by atoms with Crippen molar-refractivity contribution in [3.8, 4) is 0 Å². The van der Waals surface area contributed by atoms with Gasteiger partial charge in [0.2, 0.25) is 0 Å². The van der Waals surface area contributed by atoms with Crippen LogP contribution in [0.4, 0.5) is 11.4 Å². The van der Waals surface area contributed by atoms with E-state index in [2.05, 4.69) is 57.2 Å². The summed E-state index contributed by atoms with van der Waals surface area (Å²) < 4.78 is 0.894. The zero-order valence-electron chi connectivity index (χ0n) is 14.7. The van der Waals surface area contributed by atoms with Crippen molar-refractivity contribution in [3.63, 3.8) is 0 Å². The fraction of sp³-hybridized carbons (Fsp3) is 0.300. The molecule has 1 saturated heterocycles. The molecule has 1 aliphatic rings. The van der Waals surface area contributed by atoms with Crippen LogP contribution in [0.2, 0.25) is 0 Å². The van der Waals surface area contributed by atoms with Gasteiger partial charge in [0.25, 0.3) is 5.91 Å². The number of piperidine rings is 1. The first-order valence-electron chi connectivity index (χ1n) is 8.78. The Balaban J connectivity index is 1.59. The van der Waals surface area contributed by atoms with Crippen LogP contribution in [-0.2, 0) is 0 Å². The SMILES string of the molecule is CC1CCCCN1c1ccc(NC(=S)NC(=O)c2ccccc2I)cc1. The molecule has 0 aliphatic carbocycles. The first-order valence-corrected chi connectivity index (χ1v) is 10.3. The molecule has 0 radical (unpaired) electrons. The van der Waals surface area contributed by atoms with Crippen molar-refractivity contribution in [3.05, 3.63) is 57.7 Å². The molecule has 1 atom stereocenters. The van der Waals surface area contributed by atoms with Gasteiger partial charge in [-0.3, -0.25) is 10.1 Å². The van der Waals surface area contributed by atoms with E-state index in [4.69, 9.17) is 12.2 Å². The third-order valence-corrected chi connectivity index (χ3v) is 5.75. The molecule has 6 heteroatoms. The van der Waals surface area contributed by atoms with Crippen molar-refractivity contribution in [2.75, 3.05) is 16.8 Å². The maximum Gasteiger partial charge on any atom is 0.258 e. The monoisotopic (exact) mass is 479 g/mol. The number of nitrogens with one attached hydrogen (secondary N) is 2. The summed E-state index contributed by atoms with van der Waals surface area (Å²) in [5, 5.41) is 6.12. The first-order chi connectivity index (χ1) is 12.5. The number of hydrogen-bond acceptors (Lipinski definition) is 3. The highest BCUT2D eigenvalue weighted by atomic mass is 127. The molecule has 2 N–H and O–H groups in total. The van der Waals surface area contributed by atoms with Gasteiger partial charge < -0.3 is 10.2 Å². The van der Waals surface area contributed by atoms with Gasteiger partial charge in [0.15, 0.2) is 5.11 Å². The summed E-state index contributed by atoms with van der Waals surface area (Å²) in [6.45, 7) is 3.39. The van der Waals surface area contributed by atoms with Crippen LogP contribution in [0.25, 0.3) is 0 Å². The lowest BCUT2D eigenvalue weighted by molar-refractivity contribution is 0.0977. The van der Waals surface area contributed by atoms with Crippen molar-refractivity contribution >= 4 is 57.2 Å². The minimum Gasteiger partial charge on any atom is -0.369 e. The molecule has 0 bridgehead atoms. The third-order valence-electron chi connectivity index (χ3n) is 4.61. The lowest BCUT2D eigenvalue weighted by Crippen LogP contribution is -2.37. The van der Waals surface area contributed by atoms with Gasteiger partial charge in [-0.05, 0) is 97.4 Å². The third kappa shape index (κ3) is 4.73. The predicted molar refractivity (Wildman–Crippen MR) is 120 cm³/mol. The van der Waals surface area contributed by atoms with Crippen molar-refractivity contribution < 1.29 is 4.79 Å². The van der Waals surface area contributed by atoms with Crippen LogP contribution < -0.4 is 15.5 Å². The van der Waals surface area contributed by atoms with Crippen LogP contribution in [0.1, 0.15) is 36.5 Å². The number of benzene rings is 2. The molecule has 1 heterocycles. The zero-order valence-corrected chi connectivity index (χ0v) is 17.6. The molecule has 2 aromatic rings. The second-order valence-corrected chi connectivity index (χ2v) is 8.04. The molecular weight excluding hydrogens is 457 g/mol. The van der Waals surface area contributed by atoms with Gasteiger partial charge >= 0.3 is 0 Å². The second kappa shape index (κ2) is 8.81. The van der Waals surface area contributed by atoms with E-state index >= 15 is 0 Å². The minimum absolute atomic E-state index is 0.203. The summed E-state index contributed by atoms with van der Waals surface area (Å²) in [5.74, 6) is -0.203. The highest BCUT2D eigenvalue weighted by Gasteiger charge is 2.18. The van der Waals surface area contributed by atoms with E-state index in [1.165, 1.54) is 24.9 Å². The van der Waals surface area contributed by atoms with Crippen molar-refractivity contribution in [2.45, 2.75) is 32.2 Å². The average Bonchev–Trinajstić information content (AvgIpc) is 2.63. The summed E-state index contributed by atoms with van der Waals surface area (Å²) >= 11 is 7.42. The molecule has 1 aliphatic heterocycles. The van der Waals surface area contributed by atoms with Crippen molar-refractivity contribution in [2.24, 2.45) is 0 Å². The lowest BCUT2D eigenvalue weighted by atomic mass is 10.0. The molecule has 0 aromatic heterocycles. The summed E-state index contributed by atoms with van der Waals surface area (Å²) in [6, 6.07) is 16.2. The average molecular weight is 479 g/mol. The number of halogens is 1. The summed E-state index contributed by atoms with van der Waals surface area (Å²) in [5.41, 5.74) is 2.72. The molecule has 3 rings (SSSR count). The molecule has 136 valence electrons. The van der Waals surface area contributed by atoms with Gasteiger partial charge in [-0.15, -0.1) is 0 Å². The van der Waals surface area contributed by atoms with Gasteiger partial charge in [-0.2, -0.15) is 0 Å². The minimum atomic E-state index is -0.203. The molecule has 26 heavy (non-hydrogen) atoms. The summed E-state index contributed by atoms with van der Waals surface area (Å²) in [4.78, 5) is 14.8. The van der Waals surface area contributed by atoms with E-state index in [0.717, 1.165) is 15.8 Å². The molecule has 1 fully saturated rings. The smallest absolute Gasteiger partial charge is 0.258 e. The fourth-order valence-electron chi connectivity index (χ4n) is 3.20. The number of nitrogens with zero attached hydrogens (tertiary/aromatic N) is 1. The van der Waals surface area contributed by atoms with Gasteiger partial charge in [0.1, 0.15) is 0 Å². The highest BCUT2D eigenvalue weighted by Crippen LogP contribution is 2.25. The topological polar surface area (TPSA) is 44.4 Å². The van der Waals surface area contributed by atoms with E-state index in [0.29, 0.717) is 16.7 Å². The largest absolute Gasteiger partial charge is 0.369 e. The predicted octanol–water partition coefficient (Wildman–Crippen LogP) is 4.80. The Morgan fingerprint density at radius 3 is 2.58 bits per heavy atom. The molecule has 4 nitrogen and oxygen atoms in total. The highest BCUT2D eigenvalue weighted by molar-refractivity contribution is 14.1. The van der Waals surface area contributed by atoms with E-state index in [1.54, 1.807) is 6.07 Å². The van der Waals surface area contributed by atoms with E-state index in [9.17, 15) is 4.79 Å². The maximum absolute atomic E-state index is 12.3. The Kier molecular flexibility index (Phi) is 6.48. The van der Waals surface area contributed by atoms with E-state index in [1.807, 2.05) is 30.3 Å². The van der Waals surface area contributed by atoms with Gasteiger partial charge in [0, 0.05) is 27.5 Å². The summed E-state index contributed by atoms with van der Waals surface area (Å²) in [7, 11) is 0. The van der Waals surface area contributed by atoms with E-state index in [-0.39, 0.29) is 5.91 Å². The summed E-state index contributed by atoms with van der Waals surface area (Å²) in [6.07, 6.45) is 3.80. The number of hydrogen-bond donors (Lipinski definition) is 2. The van der Waals surface area contributed by atoms with Gasteiger partial charge in [0.05, 0.1) is 5.56 Å². The van der Waals surface area contributed by atoms with Gasteiger partial charge in [-0.1, -0.05) is 12.1 Å². The number of anilines is 2. The second-order valence-electron chi connectivity index (χ2n) is 6.47. The lowest BCUT2D eigenvalue weighted by Gasteiger charge is -2.35. The maximum atomic E-state index is 12.3. The molecule has 0 spiro atoms. The quantitative estimate of drug-likeness (QED) is 0.491. The Morgan fingerprint density at radius 2 is 1.88 bits per heavy atom. The molecule has 1 amide bonds. The van der Waals surface area contributed by atoms with Crippen LogP contribution >= 0.6 is 34.8 Å². The molecule has 0 saturated carbocycles. The van der Waals surface area contributed by atoms with Crippen LogP contribution in [0.5, 0.6) is 0 Å². The van der Waals surface area contributed by atoms with Crippen LogP contribution in [0.15, 0.2) is 48.5 Å². The zero-order chi connectivity index (χ0) is 18.5. The number of rotatable bonds is 3. The Hall–Kier alpha value is -1.67. The van der Waals surface area contributed by atoms with E-state index < -0.39 is 0 Å². The number of amides is 1. The fourth-order valence-corrected chi connectivity index (χ4v) is 4.04. The molecule has 2 aromatic carbocycles. The Bertz CT molecular complexity index is 794. The van der Waals surface area contributed by atoms with Crippen LogP contribution in [0, 0.1) is 3.57 Å². The number of carbonyl (C=O) groups is 1. The van der Waals surface area contributed by atoms with Gasteiger partial charge in [-0.25, -0.2) is 0 Å².